The highest BCUT2D eigenvalue weighted by atomic mass is 16.6. The van der Waals surface area contributed by atoms with E-state index in [1.54, 1.807) is 12.1 Å². The molecule has 0 radical (unpaired) electrons. The second-order valence-corrected chi connectivity index (χ2v) is 7.52. The second-order valence-electron chi connectivity index (χ2n) is 7.52. The van der Waals surface area contributed by atoms with Crippen LogP contribution in [0.15, 0.2) is 24.3 Å². The van der Waals surface area contributed by atoms with E-state index >= 15 is 0 Å². The number of rotatable bonds is 11. The summed E-state index contributed by atoms with van der Waals surface area (Å²) in [7, 11) is 1.41. The number of carbonyl (C=O) groups is 2. The highest BCUT2D eigenvalue weighted by Crippen LogP contribution is 2.16. The molecule has 3 amide bonds. The number of unbranched alkanes of at least 4 members (excludes halogenated alkanes) is 6. The summed E-state index contributed by atoms with van der Waals surface area (Å²) in [5.41, 5.74) is 1.24. The molecule has 0 aliphatic carbocycles. The number of hydrogen-bond donors (Lipinski definition) is 1. The van der Waals surface area contributed by atoms with E-state index < -0.39 is 12.1 Å². The topological polar surface area (TPSA) is 58.6 Å². The van der Waals surface area contributed by atoms with Crippen LogP contribution in [0.2, 0.25) is 0 Å². The van der Waals surface area contributed by atoms with Crippen molar-refractivity contribution in [1.82, 2.24) is 10.2 Å². The van der Waals surface area contributed by atoms with Crippen LogP contribution in [0.1, 0.15) is 71.3 Å². The molecule has 0 bridgehead atoms. The lowest BCUT2D eigenvalue weighted by Crippen LogP contribution is -2.43. The summed E-state index contributed by atoms with van der Waals surface area (Å²) >= 11 is 0. The zero-order valence-electron chi connectivity index (χ0n) is 17.4. The number of hydrogen-bond acceptors (Lipinski definition) is 3. The lowest BCUT2D eigenvalue weighted by atomic mass is 10.0. The van der Waals surface area contributed by atoms with Crippen LogP contribution in [-0.2, 0) is 6.42 Å². The van der Waals surface area contributed by atoms with Crippen molar-refractivity contribution in [2.75, 3.05) is 13.6 Å². The maximum absolute atomic E-state index is 12.0. The minimum absolute atomic E-state index is 0.322. The SMILES string of the molecule is CCCCCCCCCc1ccc(OC(=O)N(C)C(=O)NCC(C)C)cc1. The Hall–Kier alpha value is -2.04. The number of benzene rings is 1. The first-order valence-electron chi connectivity index (χ1n) is 10.3. The van der Waals surface area contributed by atoms with Gasteiger partial charge in [0.15, 0.2) is 0 Å². The summed E-state index contributed by atoms with van der Waals surface area (Å²) in [5, 5.41) is 2.69. The van der Waals surface area contributed by atoms with Gasteiger partial charge in [0.1, 0.15) is 5.75 Å². The molecule has 0 unspecified atom stereocenters. The van der Waals surface area contributed by atoms with Gasteiger partial charge in [-0.05, 0) is 36.5 Å². The number of amides is 3. The van der Waals surface area contributed by atoms with Crippen molar-refractivity contribution in [3.8, 4) is 5.75 Å². The van der Waals surface area contributed by atoms with E-state index in [0.29, 0.717) is 18.2 Å². The lowest BCUT2D eigenvalue weighted by Gasteiger charge is -2.17. The monoisotopic (exact) mass is 376 g/mol. The van der Waals surface area contributed by atoms with Gasteiger partial charge in [0.05, 0.1) is 0 Å². The van der Waals surface area contributed by atoms with E-state index in [1.807, 2.05) is 26.0 Å². The van der Waals surface area contributed by atoms with Crippen molar-refractivity contribution in [3.05, 3.63) is 29.8 Å². The first-order valence-corrected chi connectivity index (χ1v) is 10.3. The Morgan fingerprint density at radius 1 is 1.00 bits per heavy atom. The number of nitrogens with one attached hydrogen (secondary N) is 1. The van der Waals surface area contributed by atoms with E-state index in [2.05, 4.69) is 12.2 Å². The number of carbonyl (C=O) groups excluding carboxylic acids is 2. The molecule has 0 spiro atoms. The molecule has 5 nitrogen and oxygen atoms in total. The summed E-state index contributed by atoms with van der Waals surface area (Å²) in [6, 6.07) is 7.09. The summed E-state index contributed by atoms with van der Waals surface area (Å²) in [5.74, 6) is 0.772. The maximum Gasteiger partial charge on any atom is 0.423 e. The number of aryl methyl sites for hydroxylation is 1. The summed E-state index contributed by atoms with van der Waals surface area (Å²) < 4.78 is 5.27. The molecule has 0 saturated heterocycles. The standard InChI is InChI=1S/C22H36N2O3/c1-5-6-7-8-9-10-11-12-19-13-15-20(16-14-19)27-22(26)24(4)21(25)23-17-18(2)3/h13-16,18H,5-12,17H2,1-4H3,(H,23,25). The third-order valence-electron chi connectivity index (χ3n) is 4.44. The van der Waals surface area contributed by atoms with Crippen molar-refractivity contribution < 1.29 is 14.3 Å². The van der Waals surface area contributed by atoms with Crippen LogP contribution in [0.4, 0.5) is 9.59 Å². The van der Waals surface area contributed by atoms with Crippen LogP contribution in [0.5, 0.6) is 5.75 Å². The summed E-state index contributed by atoms with van der Waals surface area (Å²) in [4.78, 5) is 24.9. The molecule has 1 aromatic rings. The Morgan fingerprint density at radius 2 is 1.59 bits per heavy atom. The molecule has 0 aliphatic heterocycles. The Bertz CT molecular complexity index is 555. The van der Waals surface area contributed by atoms with Gasteiger partial charge in [0.2, 0.25) is 0 Å². The predicted octanol–water partition coefficient (Wildman–Crippen LogP) is 5.78. The molecule has 0 atom stereocenters. The van der Waals surface area contributed by atoms with Gasteiger partial charge in [-0.1, -0.05) is 71.4 Å². The van der Waals surface area contributed by atoms with Gasteiger partial charge in [-0.3, -0.25) is 0 Å². The number of imide groups is 1. The van der Waals surface area contributed by atoms with Crippen LogP contribution in [0, 0.1) is 5.92 Å². The highest BCUT2D eigenvalue weighted by molar-refractivity contribution is 5.91. The van der Waals surface area contributed by atoms with Crippen LogP contribution in [0.3, 0.4) is 0 Å². The molecule has 27 heavy (non-hydrogen) atoms. The molecular weight excluding hydrogens is 340 g/mol. The molecule has 0 fully saturated rings. The third-order valence-corrected chi connectivity index (χ3v) is 4.44. The fourth-order valence-corrected chi connectivity index (χ4v) is 2.67. The lowest BCUT2D eigenvalue weighted by molar-refractivity contribution is 0.161. The van der Waals surface area contributed by atoms with Crippen molar-refractivity contribution in [2.45, 2.75) is 72.1 Å². The number of nitrogens with zero attached hydrogens (tertiary/aromatic N) is 1. The van der Waals surface area contributed by atoms with Gasteiger partial charge in [-0.15, -0.1) is 0 Å². The largest absolute Gasteiger partial charge is 0.423 e. The van der Waals surface area contributed by atoms with Gasteiger partial charge < -0.3 is 10.1 Å². The molecule has 0 saturated carbocycles. The molecule has 5 heteroatoms. The minimum atomic E-state index is -0.684. The Morgan fingerprint density at radius 3 is 2.19 bits per heavy atom. The summed E-state index contributed by atoms with van der Waals surface area (Å²) in [6.45, 7) is 6.74. The molecule has 0 aromatic heterocycles. The van der Waals surface area contributed by atoms with E-state index in [4.69, 9.17) is 4.74 Å². The van der Waals surface area contributed by atoms with Crippen LogP contribution in [-0.4, -0.2) is 30.6 Å². The van der Waals surface area contributed by atoms with Crippen LogP contribution in [0.25, 0.3) is 0 Å². The van der Waals surface area contributed by atoms with E-state index in [0.717, 1.165) is 11.3 Å². The zero-order chi connectivity index (χ0) is 20.1. The first-order chi connectivity index (χ1) is 12.9. The van der Waals surface area contributed by atoms with E-state index in [-0.39, 0.29) is 0 Å². The van der Waals surface area contributed by atoms with Gasteiger partial charge in [0, 0.05) is 13.6 Å². The van der Waals surface area contributed by atoms with Crippen LogP contribution < -0.4 is 10.1 Å². The van der Waals surface area contributed by atoms with Crippen LogP contribution >= 0.6 is 0 Å². The molecule has 152 valence electrons. The molecule has 0 heterocycles. The predicted molar refractivity (Wildman–Crippen MR) is 110 cm³/mol. The van der Waals surface area contributed by atoms with Gasteiger partial charge >= 0.3 is 12.1 Å². The fourth-order valence-electron chi connectivity index (χ4n) is 2.67. The van der Waals surface area contributed by atoms with E-state index in [1.165, 1.54) is 57.6 Å². The van der Waals surface area contributed by atoms with Crippen molar-refractivity contribution >= 4 is 12.1 Å². The smallest absolute Gasteiger partial charge is 0.410 e. The highest BCUT2D eigenvalue weighted by Gasteiger charge is 2.18. The van der Waals surface area contributed by atoms with Gasteiger partial charge in [0.25, 0.3) is 0 Å². The third kappa shape index (κ3) is 10.0. The molecule has 1 aromatic carbocycles. The summed E-state index contributed by atoms with van der Waals surface area (Å²) in [6.07, 6.45) is 9.42. The van der Waals surface area contributed by atoms with Crippen molar-refractivity contribution in [1.29, 1.82) is 0 Å². The Balaban J connectivity index is 2.32. The average molecular weight is 377 g/mol. The Labute approximate surface area is 164 Å². The quantitative estimate of drug-likeness (QED) is 0.498. The second kappa shape index (κ2) is 13.2. The number of urea groups is 1. The molecule has 1 N–H and O–H groups in total. The fraction of sp³-hybridized carbons (Fsp3) is 0.636. The Kier molecular flexibility index (Phi) is 11.2. The number of ether oxygens (including phenoxy) is 1. The van der Waals surface area contributed by atoms with Crippen molar-refractivity contribution in [3.63, 3.8) is 0 Å². The minimum Gasteiger partial charge on any atom is -0.410 e. The maximum atomic E-state index is 12.0. The van der Waals surface area contributed by atoms with E-state index in [9.17, 15) is 9.59 Å². The van der Waals surface area contributed by atoms with Gasteiger partial charge in [-0.2, -0.15) is 0 Å². The zero-order valence-corrected chi connectivity index (χ0v) is 17.4. The van der Waals surface area contributed by atoms with Crippen molar-refractivity contribution in [2.24, 2.45) is 5.92 Å². The van der Waals surface area contributed by atoms with Gasteiger partial charge in [-0.25, -0.2) is 14.5 Å². The molecule has 0 aliphatic rings. The normalized spacial score (nSPS) is 10.7. The molecule has 1 rings (SSSR count). The molecular formula is C22H36N2O3. The first kappa shape index (κ1) is 23.0. The average Bonchev–Trinajstić information content (AvgIpc) is 2.66.